The quantitative estimate of drug-likeness (QED) is 0.857. The number of carbonyl (C=O) groups is 1. The average molecular weight is 317 g/mol. The summed E-state index contributed by atoms with van der Waals surface area (Å²) >= 11 is 3.28. The maximum absolute atomic E-state index is 12.1. The Bertz CT molecular complexity index is 559. The molecule has 1 aromatic carbocycles. The fourth-order valence-electron chi connectivity index (χ4n) is 1.73. The maximum Gasteiger partial charge on any atom is 0.182 e. The third-order valence-electron chi connectivity index (χ3n) is 2.72. The van der Waals surface area contributed by atoms with E-state index in [-0.39, 0.29) is 11.0 Å². The molecule has 17 heavy (non-hydrogen) atoms. The number of halogens is 1. The number of benzene rings is 1. The standard InChI is InChI=1S/C12H13BrO3S/c1-8(14)6-9-2-5-12(11(13)7-9)17(15,16)10-3-4-10/h2,5,7,10H,3-4,6H2,1H3. The van der Waals surface area contributed by atoms with Gasteiger partial charge < -0.3 is 0 Å². The predicted molar refractivity (Wildman–Crippen MR) is 68.7 cm³/mol. The molecule has 0 heterocycles. The molecule has 1 saturated carbocycles. The number of carbonyl (C=O) groups excluding carboxylic acids is 1. The lowest BCUT2D eigenvalue weighted by Crippen LogP contribution is -2.08. The summed E-state index contributed by atoms with van der Waals surface area (Å²) < 4.78 is 24.7. The van der Waals surface area contributed by atoms with Crippen molar-refractivity contribution in [2.24, 2.45) is 0 Å². The van der Waals surface area contributed by atoms with Crippen LogP contribution in [0.5, 0.6) is 0 Å². The van der Waals surface area contributed by atoms with E-state index in [4.69, 9.17) is 0 Å². The normalized spacial score (nSPS) is 15.9. The molecule has 1 aliphatic carbocycles. The first-order valence-electron chi connectivity index (χ1n) is 5.43. The van der Waals surface area contributed by atoms with E-state index in [0.29, 0.717) is 15.8 Å². The van der Waals surface area contributed by atoms with Gasteiger partial charge in [0.2, 0.25) is 0 Å². The van der Waals surface area contributed by atoms with Crippen molar-refractivity contribution in [3.05, 3.63) is 28.2 Å². The molecule has 0 aliphatic heterocycles. The van der Waals surface area contributed by atoms with Gasteiger partial charge in [0.25, 0.3) is 0 Å². The summed E-state index contributed by atoms with van der Waals surface area (Å²) in [6.45, 7) is 1.52. The van der Waals surface area contributed by atoms with Gasteiger partial charge in [-0.2, -0.15) is 0 Å². The van der Waals surface area contributed by atoms with Crippen molar-refractivity contribution in [2.45, 2.75) is 36.3 Å². The van der Waals surface area contributed by atoms with E-state index >= 15 is 0 Å². The molecule has 0 unspecified atom stereocenters. The summed E-state index contributed by atoms with van der Waals surface area (Å²) in [6, 6.07) is 5.02. The summed E-state index contributed by atoms with van der Waals surface area (Å²) in [6.07, 6.45) is 1.84. The lowest BCUT2D eigenvalue weighted by atomic mass is 10.1. The Morgan fingerprint density at radius 1 is 1.41 bits per heavy atom. The van der Waals surface area contributed by atoms with Gasteiger partial charge in [0.05, 0.1) is 10.1 Å². The zero-order valence-electron chi connectivity index (χ0n) is 9.44. The highest BCUT2D eigenvalue weighted by Crippen LogP contribution is 2.36. The second kappa shape index (κ2) is 4.53. The molecule has 1 fully saturated rings. The second-order valence-electron chi connectivity index (χ2n) is 4.39. The minimum Gasteiger partial charge on any atom is -0.300 e. The molecule has 0 spiro atoms. The topological polar surface area (TPSA) is 51.2 Å². The van der Waals surface area contributed by atoms with Crippen molar-refractivity contribution >= 4 is 31.6 Å². The Hall–Kier alpha value is -0.680. The summed E-state index contributed by atoms with van der Waals surface area (Å²) in [4.78, 5) is 11.3. The van der Waals surface area contributed by atoms with Gasteiger partial charge >= 0.3 is 0 Å². The van der Waals surface area contributed by atoms with Crippen LogP contribution < -0.4 is 0 Å². The summed E-state index contributed by atoms with van der Waals surface area (Å²) in [5, 5.41) is -0.211. The summed E-state index contributed by atoms with van der Waals surface area (Å²) in [5.41, 5.74) is 0.833. The molecule has 0 amide bonds. The molecule has 0 N–H and O–H groups in total. The van der Waals surface area contributed by atoms with Crippen LogP contribution in [0.4, 0.5) is 0 Å². The first-order chi connectivity index (χ1) is 7.91. The zero-order chi connectivity index (χ0) is 12.6. The Balaban J connectivity index is 2.35. The van der Waals surface area contributed by atoms with Gasteiger partial charge in [0.1, 0.15) is 5.78 Å². The molecular formula is C12H13BrO3S. The minimum atomic E-state index is -3.17. The first kappa shape index (κ1) is 12.8. The van der Waals surface area contributed by atoms with Gasteiger partial charge in [-0.05, 0) is 53.4 Å². The summed E-state index contributed by atoms with van der Waals surface area (Å²) in [7, 11) is -3.17. The maximum atomic E-state index is 12.1. The average Bonchev–Trinajstić information content (AvgIpc) is 2.98. The van der Waals surface area contributed by atoms with Crippen LogP contribution >= 0.6 is 15.9 Å². The summed E-state index contributed by atoms with van der Waals surface area (Å²) in [5.74, 6) is 0.0645. The van der Waals surface area contributed by atoms with E-state index in [1.807, 2.05) is 0 Å². The van der Waals surface area contributed by atoms with Gasteiger partial charge in [-0.3, -0.25) is 4.79 Å². The number of hydrogen-bond donors (Lipinski definition) is 0. The van der Waals surface area contributed by atoms with E-state index in [0.717, 1.165) is 18.4 Å². The SMILES string of the molecule is CC(=O)Cc1ccc(S(=O)(=O)C2CC2)c(Br)c1. The molecule has 0 atom stereocenters. The largest absolute Gasteiger partial charge is 0.300 e. The fraction of sp³-hybridized carbons (Fsp3) is 0.417. The second-order valence-corrected chi connectivity index (χ2v) is 7.44. The molecule has 92 valence electrons. The Morgan fingerprint density at radius 2 is 2.06 bits per heavy atom. The smallest absolute Gasteiger partial charge is 0.182 e. The third kappa shape index (κ3) is 2.77. The Morgan fingerprint density at radius 3 is 2.53 bits per heavy atom. The van der Waals surface area contributed by atoms with Crippen LogP contribution in [0, 0.1) is 0 Å². The molecule has 0 radical (unpaired) electrons. The van der Waals surface area contributed by atoms with E-state index < -0.39 is 9.84 Å². The molecule has 2 rings (SSSR count). The van der Waals surface area contributed by atoms with Crippen LogP contribution in [0.15, 0.2) is 27.6 Å². The van der Waals surface area contributed by atoms with Gasteiger partial charge in [-0.25, -0.2) is 8.42 Å². The van der Waals surface area contributed by atoms with E-state index in [2.05, 4.69) is 15.9 Å². The highest BCUT2D eigenvalue weighted by atomic mass is 79.9. The number of hydrogen-bond acceptors (Lipinski definition) is 3. The Labute approximate surface area is 109 Å². The van der Waals surface area contributed by atoms with Crippen molar-refractivity contribution in [3.8, 4) is 0 Å². The van der Waals surface area contributed by atoms with E-state index in [9.17, 15) is 13.2 Å². The Kier molecular flexibility index (Phi) is 3.41. The molecular weight excluding hydrogens is 304 g/mol. The van der Waals surface area contributed by atoms with E-state index in [1.165, 1.54) is 6.92 Å². The highest BCUT2D eigenvalue weighted by Gasteiger charge is 2.37. The number of ketones is 1. The number of Topliss-reactive ketones (excluding diaryl/α,β-unsaturated/α-hetero) is 1. The van der Waals surface area contributed by atoms with Crippen molar-refractivity contribution in [1.82, 2.24) is 0 Å². The van der Waals surface area contributed by atoms with Gasteiger partial charge in [0.15, 0.2) is 9.84 Å². The van der Waals surface area contributed by atoms with Crippen LogP contribution in [0.3, 0.4) is 0 Å². The highest BCUT2D eigenvalue weighted by molar-refractivity contribution is 9.10. The van der Waals surface area contributed by atoms with Crippen molar-refractivity contribution in [2.75, 3.05) is 0 Å². The van der Waals surface area contributed by atoms with Crippen molar-refractivity contribution < 1.29 is 13.2 Å². The number of rotatable bonds is 4. The fourth-order valence-corrected chi connectivity index (χ4v) is 4.54. The molecule has 3 nitrogen and oxygen atoms in total. The molecule has 1 aliphatic rings. The van der Waals surface area contributed by atoms with Crippen LogP contribution in [0.25, 0.3) is 0 Å². The minimum absolute atomic E-state index is 0.0645. The van der Waals surface area contributed by atoms with Crippen LogP contribution in [-0.2, 0) is 21.1 Å². The lowest BCUT2D eigenvalue weighted by Gasteiger charge is -2.07. The molecule has 1 aromatic rings. The van der Waals surface area contributed by atoms with Gasteiger partial charge in [0, 0.05) is 10.9 Å². The molecule has 0 bridgehead atoms. The van der Waals surface area contributed by atoms with Crippen LogP contribution in [0.1, 0.15) is 25.3 Å². The van der Waals surface area contributed by atoms with Crippen LogP contribution in [0.2, 0.25) is 0 Å². The predicted octanol–water partition coefficient (Wildman–Crippen LogP) is 2.52. The van der Waals surface area contributed by atoms with Gasteiger partial charge in [-0.1, -0.05) is 6.07 Å². The zero-order valence-corrected chi connectivity index (χ0v) is 11.8. The first-order valence-corrected chi connectivity index (χ1v) is 7.77. The number of sulfone groups is 1. The molecule has 0 aromatic heterocycles. The lowest BCUT2D eigenvalue weighted by molar-refractivity contribution is -0.116. The van der Waals surface area contributed by atoms with Crippen molar-refractivity contribution in [3.63, 3.8) is 0 Å². The molecule has 5 heteroatoms. The van der Waals surface area contributed by atoms with Gasteiger partial charge in [-0.15, -0.1) is 0 Å². The van der Waals surface area contributed by atoms with E-state index in [1.54, 1.807) is 18.2 Å². The molecule has 0 saturated heterocycles. The third-order valence-corrected chi connectivity index (χ3v) is 5.96. The van der Waals surface area contributed by atoms with Crippen molar-refractivity contribution in [1.29, 1.82) is 0 Å². The monoisotopic (exact) mass is 316 g/mol. The van der Waals surface area contributed by atoms with Crippen LogP contribution in [-0.4, -0.2) is 19.5 Å².